The summed E-state index contributed by atoms with van der Waals surface area (Å²) in [5.41, 5.74) is 2.33. The van der Waals surface area contributed by atoms with Crippen molar-refractivity contribution in [3.05, 3.63) is 29.1 Å². The van der Waals surface area contributed by atoms with Crippen LogP contribution in [0.25, 0.3) is 0 Å². The third kappa shape index (κ3) is 4.36. The summed E-state index contributed by atoms with van der Waals surface area (Å²) in [5, 5.41) is 3.13. The van der Waals surface area contributed by atoms with Gasteiger partial charge in [0.05, 0.1) is 6.04 Å². The lowest BCUT2D eigenvalue weighted by molar-refractivity contribution is 0.522. The minimum absolute atomic E-state index is 0.280. The van der Waals surface area contributed by atoms with Gasteiger partial charge < -0.3 is 9.87 Å². The van der Waals surface area contributed by atoms with E-state index in [1.807, 2.05) is 47.6 Å². The van der Waals surface area contributed by atoms with Crippen molar-refractivity contribution < 1.29 is 8.94 Å². The van der Waals surface area contributed by atoms with Crippen LogP contribution in [0.3, 0.4) is 0 Å². The largest absolute Gasteiger partial charge is 0.598 e. The molecule has 0 radical (unpaired) electrons. The molecular formula is C15H25FN2OS. The van der Waals surface area contributed by atoms with Gasteiger partial charge in [-0.2, -0.15) is 0 Å². The normalized spacial score (nSPS) is 15.0. The molecule has 0 saturated carbocycles. The molecule has 0 aliphatic heterocycles. The fourth-order valence-corrected chi connectivity index (χ4v) is 2.62. The molecule has 0 heterocycles. The van der Waals surface area contributed by atoms with E-state index in [1.54, 1.807) is 0 Å². The van der Waals surface area contributed by atoms with Crippen molar-refractivity contribution in [3.63, 3.8) is 0 Å². The Hall–Kier alpha value is -0.780. The Bertz CT molecular complexity index is 460. The molecule has 0 aliphatic rings. The van der Waals surface area contributed by atoms with Crippen molar-refractivity contribution >= 4 is 17.0 Å². The van der Waals surface area contributed by atoms with Crippen LogP contribution in [0.4, 0.5) is 10.1 Å². The molecule has 0 saturated heterocycles. The van der Waals surface area contributed by atoms with Crippen molar-refractivity contribution in [2.45, 2.75) is 52.3 Å². The third-order valence-corrected chi connectivity index (χ3v) is 4.70. The highest BCUT2D eigenvalue weighted by atomic mass is 32.2. The minimum atomic E-state index is -1.22. The summed E-state index contributed by atoms with van der Waals surface area (Å²) in [5.74, 6) is -0.280. The summed E-state index contributed by atoms with van der Waals surface area (Å²) < 4.78 is 28.8. The number of halogens is 1. The molecule has 0 fully saturated rings. The third-order valence-electron chi connectivity index (χ3n) is 3.02. The summed E-state index contributed by atoms with van der Waals surface area (Å²) in [6.45, 7) is 12.2. The van der Waals surface area contributed by atoms with Gasteiger partial charge in [0.2, 0.25) is 0 Å². The topological polar surface area (TPSA) is 47.1 Å². The summed E-state index contributed by atoms with van der Waals surface area (Å²) in [4.78, 5) is 0. The van der Waals surface area contributed by atoms with Crippen molar-refractivity contribution in [1.82, 2.24) is 4.72 Å². The molecule has 0 aliphatic carbocycles. The fraction of sp³-hybridized carbons (Fsp3) is 0.600. The maximum atomic E-state index is 14.2. The highest BCUT2D eigenvalue weighted by molar-refractivity contribution is 7.90. The number of hydrogen-bond donors (Lipinski definition) is 2. The molecule has 0 spiro atoms. The van der Waals surface area contributed by atoms with Gasteiger partial charge in [-0.3, -0.25) is 0 Å². The van der Waals surface area contributed by atoms with E-state index in [1.165, 1.54) is 6.07 Å². The lowest BCUT2D eigenvalue weighted by Gasteiger charge is -2.27. The van der Waals surface area contributed by atoms with Gasteiger partial charge in [0, 0.05) is 29.2 Å². The highest BCUT2D eigenvalue weighted by Gasteiger charge is 2.29. The minimum Gasteiger partial charge on any atom is -0.598 e. The van der Waals surface area contributed by atoms with Crippen LogP contribution in [0.2, 0.25) is 0 Å². The van der Waals surface area contributed by atoms with E-state index < -0.39 is 11.4 Å². The molecule has 20 heavy (non-hydrogen) atoms. The van der Waals surface area contributed by atoms with Crippen LogP contribution in [0.5, 0.6) is 0 Å². The summed E-state index contributed by atoms with van der Waals surface area (Å²) in [6.07, 6.45) is 0. The van der Waals surface area contributed by atoms with Gasteiger partial charge in [-0.1, -0.05) is 0 Å². The Labute approximate surface area is 124 Å². The zero-order valence-electron chi connectivity index (χ0n) is 13.1. The molecule has 2 atom stereocenters. The molecule has 0 amide bonds. The molecule has 3 nitrogen and oxygen atoms in total. The van der Waals surface area contributed by atoms with Gasteiger partial charge in [0.15, 0.2) is 0 Å². The van der Waals surface area contributed by atoms with Crippen LogP contribution < -0.4 is 10.0 Å². The number of rotatable bonds is 5. The molecule has 1 aromatic rings. The average Bonchev–Trinajstić information content (AvgIpc) is 2.32. The van der Waals surface area contributed by atoms with Crippen LogP contribution in [0.15, 0.2) is 12.1 Å². The molecule has 1 rings (SSSR count). The number of benzene rings is 1. The molecular weight excluding hydrogens is 275 g/mol. The molecule has 1 aromatic carbocycles. The Morgan fingerprint density at radius 3 is 2.45 bits per heavy atom. The molecule has 0 aromatic heterocycles. The number of hydrogen-bond acceptors (Lipinski definition) is 3. The monoisotopic (exact) mass is 300 g/mol. The van der Waals surface area contributed by atoms with Crippen LogP contribution in [-0.4, -0.2) is 15.8 Å². The summed E-state index contributed by atoms with van der Waals surface area (Å²) >= 11 is -1.22. The van der Waals surface area contributed by atoms with Crippen molar-refractivity contribution in [3.8, 4) is 0 Å². The van der Waals surface area contributed by atoms with Gasteiger partial charge in [-0.05, 0) is 59.2 Å². The Morgan fingerprint density at radius 1 is 1.35 bits per heavy atom. The van der Waals surface area contributed by atoms with Crippen molar-refractivity contribution in [2.24, 2.45) is 0 Å². The first-order chi connectivity index (χ1) is 9.16. The van der Waals surface area contributed by atoms with E-state index in [9.17, 15) is 8.94 Å². The first-order valence-corrected chi connectivity index (χ1v) is 8.03. The zero-order valence-corrected chi connectivity index (χ0v) is 14.0. The van der Waals surface area contributed by atoms with E-state index in [-0.39, 0.29) is 16.6 Å². The summed E-state index contributed by atoms with van der Waals surface area (Å²) in [6, 6.07) is 3.02. The van der Waals surface area contributed by atoms with Gasteiger partial charge in [-0.15, -0.1) is 4.72 Å². The molecule has 1 unspecified atom stereocenters. The zero-order chi connectivity index (χ0) is 15.5. The van der Waals surface area contributed by atoms with Crippen molar-refractivity contribution in [1.29, 1.82) is 0 Å². The number of anilines is 1. The van der Waals surface area contributed by atoms with E-state index in [0.29, 0.717) is 5.56 Å². The second-order valence-electron chi connectivity index (χ2n) is 5.94. The predicted molar refractivity (Wildman–Crippen MR) is 84.7 cm³/mol. The number of nitrogens with one attached hydrogen (secondary N) is 2. The molecule has 114 valence electrons. The van der Waals surface area contributed by atoms with Gasteiger partial charge >= 0.3 is 0 Å². The maximum Gasteiger partial charge on any atom is 0.136 e. The van der Waals surface area contributed by atoms with Crippen LogP contribution in [-0.2, 0) is 11.4 Å². The number of aryl methyl sites for hydroxylation is 1. The Morgan fingerprint density at radius 2 is 1.95 bits per heavy atom. The Balaban J connectivity index is 2.94. The van der Waals surface area contributed by atoms with E-state index in [0.717, 1.165) is 17.8 Å². The SMILES string of the molecule is CCNc1cc(F)c([C@@H](C)N[S+]([O-])C(C)(C)C)cc1C. The smallest absolute Gasteiger partial charge is 0.136 e. The highest BCUT2D eigenvalue weighted by Crippen LogP contribution is 2.26. The molecule has 2 N–H and O–H groups in total. The summed E-state index contributed by atoms with van der Waals surface area (Å²) in [7, 11) is 0. The predicted octanol–water partition coefficient (Wildman–Crippen LogP) is 3.68. The van der Waals surface area contributed by atoms with E-state index in [2.05, 4.69) is 10.0 Å². The van der Waals surface area contributed by atoms with Crippen LogP contribution >= 0.6 is 0 Å². The van der Waals surface area contributed by atoms with E-state index >= 15 is 0 Å². The molecule has 0 bridgehead atoms. The van der Waals surface area contributed by atoms with Crippen molar-refractivity contribution in [2.75, 3.05) is 11.9 Å². The first-order valence-electron chi connectivity index (χ1n) is 6.88. The Kier molecular flexibility index (Phi) is 5.86. The lowest BCUT2D eigenvalue weighted by Crippen LogP contribution is -2.40. The van der Waals surface area contributed by atoms with Crippen LogP contribution in [0, 0.1) is 12.7 Å². The van der Waals surface area contributed by atoms with Crippen LogP contribution in [0.1, 0.15) is 51.8 Å². The van der Waals surface area contributed by atoms with Gasteiger partial charge in [0.25, 0.3) is 0 Å². The quantitative estimate of drug-likeness (QED) is 0.816. The lowest BCUT2D eigenvalue weighted by atomic mass is 10.0. The fourth-order valence-electron chi connectivity index (χ4n) is 1.82. The second-order valence-corrected chi connectivity index (χ2v) is 7.94. The van der Waals surface area contributed by atoms with Gasteiger partial charge in [-0.25, -0.2) is 4.39 Å². The average molecular weight is 300 g/mol. The standard InChI is InChI=1S/C15H25FN2OS/c1-7-17-14-9-13(16)12(8-10(14)2)11(3)18-20(19)15(4,5)6/h8-9,11,17-18H,7H2,1-6H3/t11-,20?/m1/s1. The molecule has 5 heteroatoms. The van der Waals surface area contributed by atoms with E-state index in [4.69, 9.17) is 0 Å². The first kappa shape index (κ1) is 17.3. The van der Waals surface area contributed by atoms with Gasteiger partial charge in [0.1, 0.15) is 10.6 Å². The maximum absolute atomic E-state index is 14.2. The second kappa shape index (κ2) is 6.78.